The van der Waals surface area contributed by atoms with Gasteiger partial charge in [0.25, 0.3) is 5.95 Å². The molecule has 9 nitrogen and oxygen atoms in total. The molecule has 0 aliphatic rings. The summed E-state index contributed by atoms with van der Waals surface area (Å²) in [4.78, 5) is 38.9. The van der Waals surface area contributed by atoms with E-state index < -0.39 is 28.7 Å². The first kappa shape index (κ1) is 18.7. The van der Waals surface area contributed by atoms with Crippen molar-refractivity contribution in [1.29, 1.82) is 0 Å². The average Bonchev–Trinajstić information content (AvgIpc) is 2.44. The molecule has 1 amide bonds. The van der Waals surface area contributed by atoms with Gasteiger partial charge in [-0.1, -0.05) is 0 Å². The fourth-order valence-electron chi connectivity index (χ4n) is 2.37. The molecule has 9 heteroatoms. The Morgan fingerprint density at radius 3 is 2.35 bits per heavy atom. The van der Waals surface area contributed by atoms with Crippen LogP contribution in [-0.4, -0.2) is 27.6 Å². The first-order chi connectivity index (χ1) is 12.1. The van der Waals surface area contributed by atoms with Crippen LogP contribution in [0.15, 0.2) is 32.4 Å². The number of rotatable bonds is 4. The predicted molar refractivity (Wildman–Crippen MR) is 95.3 cm³/mol. The van der Waals surface area contributed by atoms with Crippen molar-refractivity contribution in [2.75, 3.05) is 11.1 Å². The SMILES string of the molecule is CC(=O)Nc1cc(N)cc(N=C(C)c2c(O)c(C(C)=O)c(O)oc2=O)c1. The number of aliphatic imine (C=N–C) groups is 1. The lowest BCUT2D eigenvalue weighted by molar-refractivity contribution is -0.114. The molecule has 2 aromatic rings. The summed E-state index contributed by atoms with van der Waals surface area (Å²) in [7, 11) is 0. The van der Waals surface area contributed by atoms with Gasteiger partial charge in [-0.25, -0.2) is 4.79 Å². The van der Waals surface area contributed by atoms with E-state index in [1.165, 1.54) is 32.0 Å². The molecule has 0 saturated carbocycles. The third-order valence-electron chi connectivity index (χ3n) is 3.35. The van der Waals surface area contributed by atoms with Crippen LogP contribution < -0.4 is 16.7 Å². The Morgan fingerprint density at radius 2 is 1.77 bits per heavy atom. The Morgan fingerprint density at radius 1 is 1.12 bits per heavy atom. The maximum absolute atomic E-state index is 12.0. The molecule has 0 aliphatic heterocycles. The summed E-state index contributed by atoms with van der Waals surface area (Å²) in [5.74, 6) is -2.67. The first-order valence-corrected chi connectivity index (χ1v) is 7.44. The minimum atomic E-state index is -1.06. The monoisotopic (exact) mass is 359 g/mol. The van der Waals surface area contributed by atoms with Gasteiger partial charge in [0.1, 0.15) is 16.9 Å². The van der Waals surface area contributed by atoms with E-state index in [2.05, 4.69) is 14.7 Å². The second kappa shape index (κ2) is 7.09. The zero-order valence-corrected chi connectivity index (χ0v) is 14.3. The number of carbonyl (C=O) groups excluding carboxylic acids is 2. The van der Waals surface area contributed by atoms with Crippen molar-refractivity contribution in [3.05, 3.63) is 39.7 Å². The predicted octanol–water partition coefficient (Wildman–Crippen LogP) is 1.93. The molecule has 0 bridgehead atoms. The number of carbonyl (C=O) groups is 2. The van der Waals surface area contributed by atoms with Gasteiger partial charge in [0.05, 0.1) is 11.4 Å². The number of aromatic hydroxyl groups is 2. The molecule has 0 saturated heterocycles. The number of nitrogens with two attached hydrogens (primary N) is 1. The van der Waals surface area contributed by atoms with E-state index in [9.17, 15) is 24.6 Å². The summed E-state index contributed by atoms with van der Waals surface area (Å²) < 4.78 is 4.60. The Hall–Kier alpha value is -3.62. The van der Waals surface area contributed by atoms with Crippen molar-refractivity contribution in [3.63, 3.8) is 0 Å². The van der Waals surface area contributed by atoms with Crippen LogP contribution in [0.1, 0.15) is 36.7 Å². The van der Waals surface area contributed by atoms with Crippen molar-refractivity contribution in [2.24, 2.45) is 4.99 Å². The summed E-state index contributed by atoms with van der Waals surface area (Å²) >= 11 is 0. The van der Waals surface area contributed by atoms with Gasteiger partial charge < -0.3 is 25.7 Å². The van der Waals surface area contributed by atoms with Gasteiger partial charge in [0.2, 0.25) is 5.91 Å². The zero-order chi connectivity index (χ0) is 19.6. The number of benzene rings is 1. The van der Waals surface area contributed by atoms with E-state index in [0.717, 1.165) is 6.92 Å². The molecule has 1 aromatic carbocycles. The van der Waals surface area contributed by atoms with E-state index in [0.29, 0.717) is 17.1 Å². The van der Waals surface area contributed by atoms with Gasteiger partial charge in [-0.3, -0.25) is 14.6 Å². The van der Waals surface area contributed by atoms with Gasteiger partial charge in [-0.05, 0) is 32.0 Å². The van der Waals surface area contributed by atoms with Crippen LogP contribution >= 0.6 is 0 Å². The molecule has 0 spiro atoms. The van der Waals surface area contributed by atoms with Gasteiger partial charge in [0.15, 0.2) is 5.78 Å². The number of hydrogen-bond acceptors (Lipinski definition) is 8. The molecule has 1 heterocycles. The van der Waals surface area contributed by atoms with Crippen LogP contribution in [0, 0.1) is 0 Å². The number of hydrogen-bond donors (Lipinski definition) is 4. The number of Topliss-reactive ketones (excluding diaryl/α,β-unsaturated/α-hetero) is 1. The number of ketones is 1. The summed E-state index contributed by atoms with van der Waals surface area (Å²) in [5, 5.41) is 22.3. The summed E-state index contributed by atoms with van der Waals surface area (Å²) in [6, 6.07) is 4.52. The topological polar surface area (TPSA) is 155 Å². The van der Waals surface area contributed by atoms with E-state index >= 15 is 0 Å². The van der Waals surface area contributed by atoms with E-state index in [1.54, 1.807) is 0 Å². The Labute approximate surface area is 147 Å². The molecule has 0 fully saturated rings. The molecular formula is C17H17N3O6. The highest BCUT2D eigenvalue weighted by atomic mass is 16.5. The third kappa shape index (κ3) is 3.89. The molecule has 1 aromatic heterocycles. The minimum Gasteiger partial charge on any atom is -0.506 e. The molecule has 0 aliphatic carbocycles. The highest BCUT2D eigenvalue weighted by Crippen LogP contribution is 2.30. The Kier molecular flexibility index (Phi) is 5.11. The number of nitrogens with one attached hydrogen (secondary N) is 1. The maximum Gasteiger partial charge on any atom is 0.351 e. The fourth-order valence-corrected chi connectivity index (χ4v) is 2.37. The van der Waals surface area contributed by atoms with Gasteiger partial charge in [-0.2, -0.15) is 0 Å². The molecule has 26 heavy (non-hydrogen) atoms. The normalized spacial score (nSPS) is 11.3. The molecular weight excluding hydrogens is 342 g/mol. The van der Waals surface area contributed by atoms with Crippen LogP contribution in [0.2, 0.25) is 0 Å². The number of nitrogens with zero attached hydrogens (tertiary/aromatic N) is 1. The van der Waals surface area contributed by atoms with Crippen LogP contribution in [-0.2, 0) is 4.79 Å². The minimum absolute atomic E-state index is 0.0260. The smallest absolute Gasteiger partial charge is 0.351 e. The van der Waals surface area contributed by atoms with Crippen LogP contribution in [0.3, 0.4) is 0 Å². The molecule has 136 valence electrons. The summed E-state index contributed by atoms with van der Waals surface area (Å²) in [6.07, 6.45) is 0. The maximum atomic E-state index is 12.0. The lowest BCUT2D eigenvalue weighted by Crippen LogP contribution is -2.15. The molecule has 0 radical (unpaired) electrons. The van der Waals surface area contributed by atoms with Crippen LogP contribution in [0.4, 0.5) is 17.1 Å². The first-order valence-electron chi connectivity index (χ1n) is 7.44. The third-order valence-corrected chi connectivity index (χ3v) is 3.35. The number of nitrogen functional groups attached to an aromatic ring is 1. The van der Waals surface area contributed by atoms with Crippen molar-refractivity contribution >= 4 is 34.5 Å². The van der Waals surface area contributed by atoms with Crippen molar-refractivity contribution in [1.82, 2.24) is 0 Å². The van der Waals surface area contributed by atoms with Crippen molar-refractivity contribution in [3.8, 4) is 11.7 Å². The quantitative estimate of drug-likeness (QED) is 0.369. The highest BCUT2D eigenvalue weighted by molar-refractivity contribution is 6.07. The van der Waals surface area contributed by atoms with Crippen molar-refractivity contribution in [2.45, 2.75) is 20.8 Å². The van der Waals surface area contributed by atoms with E-state index in [-0.39, 0.29) is 17.2 Å². The number of amides is 1. The van der Waals surface area contributed by atoms with Gasteiger partial charge in [-0.15, -0.1) is 0 Å². The molecule has 2 rings (SSSR count). The van der Waals surface area contributed by atoms with E-state index in [1.807, 2.05) is 0 Å². The largest absolute Gasteiger partial charge is 0.506 e. The Bertz CT molecular complexity index is 991. The average molecular weight is 359 g/mol. The standard InChI is InChI=1S/C17H17N3O6/c1-7(13-15(23)14(8(2)21)17(25)26-16(13)24)19-11-4-10(18)5-12(6-11)20-9(3)22/h4-6,23,25H,18H2,1-3H3,(H,20,22). The van der Waals surface area contributed by atoms with Gasteiger partial charge in [0, 0.05) is 18.3 Å². The Balaban J connectivity index is 2.59. The van der Waals surface area contributed by atoms with E-state index in [4.69, 9.17) is 5.73 Å². The van der Waals surface area contributed by atoms with Crippen molar-refractivity contribution < 1.29 is 24.2 Å². The molecule has 5 N–H and O–H groups in total. The van der Waals surface area contributed by atoms with Crippen LogP contribution in [0.5, 0.6) is 11.7 Å². The number of anilines is 2. The molecule has 0 atom stereocenters. The van der Waals surface area contributed by atoms with Gasteiger partial charge >= 0.3 is 5.63 Å². The second-order valence-corrected chi connectivity index (χ2v) is 5.54. The highest BCUT2D eigenvalue weighted by Gasteiger charge is 2.24. The summed E-state index contributed by atoms with van der Waals surface area (Å²) in [5.41, 5.74) is 4.86. The lowest BCUT2D eigenvalue weighted by atomic mass is 10.1. The fraction of sp³-hybridized carbons (Fsp3) is 0.176. The zero-order valence-electron chi connectivity index (χ0n) is 14.3. The molecule has 0 unspecified atom stereocenters. The summed E-state index contributed by atoms with van der Waals surface area (Å²) in [6.45, 7) is 3.84. The van der Waals surface area contributed by atoms with Crippen LogP contribution in [0.25, 0.3) is 0 Å². The lowest BCUT2D eigenvalue weighted by Gasteiger charge is -2.09. The second-order valence-electron chi connectivity index (χ2n) is 5.54.